The van der Waals surface area contributed by atoms with Crippen molar-refractivity contribution in [2.24, 2.45) is 0 Å². The molecule has 1 atom stereocenters. The van der Waals surface area contributed by atoms with Gasteiger partial charge in [-0.2, -0.15) is 0 Å². The summed E-state index contributed by atoms with van der Waals surface area (Å²) in [5, 5.41) is 11.6. The summed E-state index contributed by atoms with van der Waals surface area (Å²) in [5.74, 6) is 0.782. The largest absolute Gasteiger partial charge is 0.487 e. The summed E-state index contributed by atoms with van der Waals surface area (Å²) in [4.78, 5) is 11.0. The quantitative estimate of drug-likeness (QED) is 0.761. The summed E-state index contributed by atoms with van der Waals surface area (Å²) in [5.41, 5.74) is 0. The van der Waals surface area contributed by atoms with Crippen molar-refractivity contribution < 1.29 is 19.4 Å². The summed E-state index contributed by atoms with van der Waals surface area (Å²) in [7, 11) is 1.54. The third kappa shape index (κ3) is 4.74. The lowest BCUT2D eigenvalue weighted by molar-refractivity contribution is -0.122. The van der Waals surface area contributed by atoms with Crippen LogP contribution in [0.4, 0.5) is 0 Å². The number of hydrogen-bond acceptors (Lipinski definition) is 4. The molecule has 0 aliphatic rings. The van der Waals surface area contributed by atoms with Crippen molar-refractivity contribution in [3.8, 4) is 11.5 Å². The number of carbonyl (C=O) groups excluding carboxylic acids is 1. The molecule has 1 unspecified atom stereocenters. The number of ether oxygens (including phenoxy) is 2. The van der Waals surface area contributed by atoms with E-state index in [0.717, 1.165) is 0 Å². The zero-order chi connectivity index (χ0) is 12.7. The van der Waals surface area contributed by atoms with Gasteiger partial charge in [-0.1, -0.05) is 12.1 Å². The Labute approximate surface area is 100 Å². The number of para-hydroxylation sites is 2. The van der Waals surface area contributed by atoms with E-state index in [-0.39, 0.29) is 19.1 Å². The van der Waals surface area contributed by atoms with Crippen LogP contribution in [0.5, 0.6) is 11.5 Å². The van der Waals surface area contributed by atoms with Crippen molar-refractivity contribution in [1.82, 2.24) is 5.32 Å². The van der Waals surface area contributed by atoms with Gasteiger partial charge in [0.05, 0.1) is 6.10 Å². The van der Waals surface area contributed by atoms with Crippen LogP contribution in [0, 0.1) is 0 Å². The molecule has 5 heteroatoms. The highest BCUT2D eigenvalue weighted by Gasteiger charge is 2.07. The van der Waals surface area contributed by atoms with Crippen molar-refractivity contribution in [3.05, 3.63) is 24.3 Å². The molecule has 0 fully saturated rings. The fourth-order valence-corrected chi connectivity index (χ4v) is 1.11. The topological polar surface area (TPSA) is 67.8 Å². The van der Waals surface area contributed by atoms with Crippen molar-refractivity contribution >= 4 is 5.91 Å². The van der Waals surface area contributed by atoms with Crippen LogP contribution < -0.4 is 14.8 Å². The Balaban J connectivity index is 2.60. The van der Waals surface area contributed by atoms with Gasteiger partial charge in [0.1, 0.15) is 6.61 Å². The number of rotatable bonds is 6. The average Bonchev–Trinajstić information content (AvgIpc) is 2.34. The van der Waals surface area contributed by atoms with Gasteiger partial charge >= 0.3 is 0 Å². The fourth-order valence-electron chi connectivity index (χ4n) is 1.11. The van der Waals surface area contributed by atoms with Crippen molar-refractivity contribution in [2.45, 2.75) is 13.0 Å². The van der Waals surface area contributed by atoms with E-state index in [1.165, 1.54) is 0 Å². The molecule has 1 aromatic rings. The highest BCUT2D eigenvalue weighted by atomic mass is 16.5. The third-order valence-corrected chi connectivity index (χ3v) is 1.97. The Morgan fingerprint density at radius 3 is 2.47 bits per heavy atom. The number of likely N-dealkylation sites (N-methyl/N-ethyl adjacent to an activating group) is 1. The Bertz CT molecular complexity index is 365. The van der Waals surface area contributed by atoms with Crippen LogP contribution in [0.2, 0.25) is 0 Å². The zero-order valence-electron chi connectivity index (χ0n) is 9.97. The van der Waals surface area contributed by atoms with Crippen LogP contribution in [0.15, 0.2) is 24.3 Å². The first-order chi connectivity index (χ1) is 8.13. The van der Waals surface area contributed by atoms with Gasteiger partial charge in [-0.05, 0) is 19.1 Å². The Kier molecular flexibility index (Phi) is 5.29. The number of nitrogens with one attached hydrogen (secondary N) is 1. The molecular weight excluding hydrogens is 222 g/mol. The fraction of sp³-hybridized carbons (Fsp3) is 0.417. The maximum atomic E-state index is 11.0. The standard InChI is InChI=1S/C12H17NO4/c1-9(14)7-16-10-5-3-4-6-11(10)17-8-12(15)13-2/h3-6,9,14H,7-8H2,1-2H3,(H,13,15). The molecular formula is C12H17NO4. The molecule has 1 aromatic carbocycles. The average molecular weight is 239 g/mol. The molecule has 0 saturated carbocycles. The molecule has 1 rings (SSSR count). The molecule has 0 aliphatic heterocycles. The second-order valence-corrected chi connectivity index (χ2v) is 3.57. The first-order valence-corrected chi connectivity index (χ1v) is 5.36. The molecule has 0 radical (unpaired) electrons. The monoisotopic (exact) mass is 239 g/mol. The number of aliphatic hydroxyl groups is 1. The van der Waals surface area contributed by atoms with Gasteiger partial charge in [-0.15, -0.1) is 0 Å². The number of hydrogen-bond donors (Lipinski definition) is 2. The number of amides is 1. The van der Waals surface area contributed by atoms with E-state index in [1.54, 1.807) is 38.2 Å². The van der Waals surface area contributed by atoms with E-state index in [0.29, 0.717) is 11.5 Å². The van der Waals surface area contributed by atoms with Crippen LogP contribution in [0.25, 0.3) is 0 Å². The van der Waals surface area contributed by atoms with Crippen LogP contribution >= 0.6 is 0 Å². The van der Waals surface area contributed by atoms with Gasteiger partial charge in [0.15, 0.2) is 18.1 Å². The predicted octanol–water partition coefficient (Wildman–Crippen LogP) is 0.571. The maximum Gasteiger partial charge on any atom is 0.257 e. The molecule has 0 spiro atoms. The predicted molar refractivity (Wildman–Crippen MR) is 63.2 cm³/mol. The van der Waals surface area contributed by atoms with Crippen LogP contribution in [-0.4, -0.2) is 37.4 Å². The molecule has 1 amide bonds. The van der Waals surface area contributed by atoms with Crippen molar-refractivity contribution in [1.29, 1.82) is 0 Å². The molecule has 2 N–H and O–H groups in total. The highest BCUT2D eigenvalue weighted by molar-refractivity contribution is 5.77. The van der Waals surface area contributed by atoms with Gasteiger partial charge in [0.25, 0.3) is 5.91 Å². The second-order valence-electron chi connectivity index (χ2n) is 3.57. The van der Waals surface area contributed by atoms with Crippen LogP contribution in [0.1, 0.15) is 6.92 Å². The SMILES string of the molecule is CNC(=O)COc1ccccc1OCC(C)O. The molecule has 5 nitrogen and oxygen atoms in total. The highest BCUT2D eigenvalue weighted by Crippen LogP contribution is 2.26. The Morgan fingerprint density at radius 1 is 1.35 bits per heavy atom. The zero-order valence-corrected chi connectivity index (χ0v) is 9.97. The van der Waals surface area contributed by atoms with Gasteiger partial charge in [0, 0.05) is 7.05 Å². The van der Waals surface area contributed by atoms with Crippen LogP contribution in [0.3, 0.4) is 0 Å². The maximum absolute atomic E-state index is 11.0. The lowest BCUT2D eigenvalue weighted by Gasteiger charge is -2.13. The van der Waals surface area contributed by atoms with E-state index < -0.39 is 6.10 Å². The van der Waals surface area contributed by atoms with Gasteiger partial charge < -0.3 is 19.9 Å². The first-order valence-electron chi connectivity index (χ1n) is 5.36. The first kappa shape index (κ1) is 13.3. The summed E-state index contributed by atoms with van der Waals surface area (Å²) in [6.07, 6.45) is -0.554. The molecule has 94 valence electrons. The van der Waals surface area contributed by atoms with Crippen molar-refractivity contribution in [2.75, 3.05) is 20.3 Å². The van der Waals surface area contributed by atoms with E-state index in [4.69, 9.17) is 14.6 Å². The second kappa shape index (κ2) is 6.75. The molecule has 0 heterocycles. The number of carbonyl (C=O) groups is 1. The van der Waals surface area contributed by atoms with E-state index >= 15 is 0 Å². The molecule has 0 aliphatic carbocycles. The van der Waals surface area contributed by atoms with E-state index in [2.05, 4.69) is 5.32 Å². The summed E-state index contributed by atoms with van der Waals surface area (Å²) < 4.78 is 10.7. The summed E-state index contributed by atoms with van der Waals surface area (Å²) in [6, 6.07) is 7.01. The number of aliphatic hydroxyl groups excluding tert-OH is 1. The van der Waals surface area contributed by atoms with E-state index in [9.17, 15) is 4.79 Å². The third-order valence-electron chi connectivity index (χ3n) is 1.97. The lowest BCUT2D eigenvalue weighted by atomic mass is 10.3. The van der Waals surface area contributed by atoms with E-state index in [1.807, 2.05) is 0 Å². The summed E-state index contributed by atoms with van der Waals surface area (Å²) in [6.45, 7) is 1.75. The van der Waals surface area contributed by atoms with Crippen molar-refractivity contribution in [3.63, 3.8) is 0 Å². The van der Waals surface area contributed by atoms with Gasteiger partial charge in [0.2, 0.25) is 0 Å². The minimum absolute atomic E-state index is 0.0639. The Hall–Kier alpha value is -1.75. The Morgan fingerprint density at radius 2 is 1.94 bits per heavy atom. The lowest BCUT2D eigenvalue weighted by Crippen LogP contribution is -2.25. The smallest absolute Gasteiger partial charge is 0.257 e. The van der Waals surface area contributed by atoms with Crippen LogP contribution in [-0.2, 0) is 4.79 Å². The number of benzene rings is 1. The minimum Gasteiger partial charge on any atom is -0.487 e. The minimum atomic E-state index is -0.554. The van der Waals surface area contributed by atoms with Gasteiger partial charge in [-0.3, -0.25) is 4.79 Å². The molecule has 0 bridgehead atoms. The molecule has 0 aromatic heterocycles. The normalized spacial score (nSPS) is 11.7. The molecule has 0 saturated heterocycles. The van der Waals surface area contributed by atoms with Gasteiger partial charge in [-0.25, -0.2) is 0 Å². The molecule has 17 heavy (non-hydrogen) atoms. The summed E-state index contributed by atoms with van der Waals surface area (Å²) >= 11 is 0.